The third-order valence-corrected chi connectivity index (χ3v) is 6.04. The van der Waals surface area contributed by atoms with Crippen LogP contribution in [0, 0.1) is 6.92 Å². The number of anilines is 2. The van der Waals surface area contributed by atoms with Crippen LogP contribution in [0.15, 0.2) is 32.4 Å². The molecule has 0 bridgehead atoms. The lowest BCUT2D eigenvalue weighted by atomic mass is 10.3. The maximum atomic E-state index is 11.8. The molecule has 0 unspecified atom stereocenters. The van der Waals surface area contributed by atoms with Gasteiger partial charge in [-0.1, -0.05) is 34.3 Å². The number of rotatable bonds is 9. The van der Waals surface area contributed by atoms with Gasteiger partial charge in [0.05, 0.1) is 0 Å². The molecule has 0 aliphatic heterocycles. The van der Waals surface area contributed by atoms with Gasteiger partial charge in [-0.15, -0.1) is 21.5 Å². The van der Waals surface area contributed by atoms with Gasteiger partial charge in [-0.3, -0.25) is 4.79 Å². The van der Waals surface area contributed by atoms with E-state index in [9.17, 15) is 4.79 Å². The number of aromatic nitrogens is 3. The summed E-state index contributed by atoms with van der Waals surface area (Å²) in [6, 6.07) is 5.86. The molecule has 0 saturated carbocycles. The fourth-order valence-electron chi connectivity index (χ4n) is 1.95. The van der Waals surface area contributed by atoms with Gasteiger partial charge in [-0.2, -0.15) is 0 Å². The van der Waals surface area contributed by atoms with Gasteiger partial charge in [0.25, 0.3) is 0 Å². The van der Waals surface area contributed by atoms with Crippen LogP contribution in [-0.2, 0) is 11.2 Å². The maximum absolute atomic E-state index is 11.8. The summed E-state index contributed by atoms with van der Waals surface area (Å²) in [5, 5.41) is 20.8. The zero-order valence-electron chi connectivity index (χ0n) is 13.5. The summed E-state index contributed by atoms with van der Waals surface area (Å²) in [6.45, 7) is 2.61. The number of carbonyl (C=O) groups excluding carboxylic acids is 1. The van der Waals surface area contributed by atoms with E-state index < -0.39 is 0 Å². The molecule has 1 amide bonds. The zero-order chi connectivity index (χ0) is 17.5. The lowest BCUT2D eigenvalue weighted by Crippen LogP contribution is -2.12. The predicted octanol–water partition coefficient (Wildman–Crippen LogP) is 3.67. The second-order valence-corrected chi connectivity index (χ2v) is 8.45. The van der Waals surface area contributed by atoms with Crippen molar-refractivity contribution in [2.24, 2.45) is 0 Å². The smallest absolute Gasteiger partial charge is 0.226 e. The van der Waals surface area contributed by atoms with Crippen LogP contribution in [0.5, 0.6) is 0 Å². The van der Waals surface area contributed by atoms with Crippen LogP contribution >= 0.6 is 34.4 Å². The Bertz CT molecular complexity index is 800. The van der Waals surface area contributed by atoms with E-state index in [1.807, 2.05) is 0 Å². The first-order chi connectivity index (χ1) is 12.2. The average molecular weight is 396 g/mol. The molecule has 0 radical (unpaired) electrons. The van der Waals surface area contributed by atoms with Gasteiger partial charge in [0.15, 0.2) is 10.2 Å². The van der Waals surface area contributed by atoms with Crippen molar-refractivity contribution in [3.8, 4) is 0 Å². The Labute approximate surface area is 157 Å². The van der Waals surface area contributed by atoms with Gasteiger partial charge in [-0.25, -0.2) is 0 Å². The second-order valence-electron chi connectivity index (χ2n) is 5.10. The Hall–Kier alpha value is -1.91. The first-order valence-corrected chi connectivity index (χ1v) is 10.3. The molecule has 25 heavy (non-hydrogen) atoms. The standard InChI is InChI=1S/C15H17N5O2S3/c1-10-9-12(20-22-10)17-13(21)5-8-24-15-19-18-14(25-15)16-6-4-11-3-2-7-23-11/h2-3,7,9H,4-6,8H2,1H3,(H,16,18)(H,17,20,21). The normalized spacial score (nSPS) is 10.8. The van der Waals surface area contributed by atoms with Crippen molar-refractivity contribution in [2.45, 2.75) is 24.1 Å². The van der Waals surface area contributed by atoms with E-state index in [0.29, 0.717) is 23.8 Å². The summed E-state index contributed by atoms with van der Waals surface area (Å²) >= 11 is 4.78. The zero-order valence-corrected chi connectivity index (χ0v) is 16.0. The fourth-order valence-corrected chi connectivity index (χ4v) is 4.44. The Morgan fingerprint density at radius 2 is 2.32 bits per heavy atom. The highest BCUT2D eigenvalue weighted by molar-refractivity contribution is 8.01. The van der Waals surface area contributed by atoms with Crippen molar-refractivity contribution in [2.75, 3.05) is 22.9 Å². The first kappa shape index (κ1) is 17.9. The van der Waals surface area contributed by atoms with E-state index in [0.717, 1.165) is 22.4 Å². The van der Waals surface area contributed by atoms with Crippen molar-refractivity contribution in [3.05, 3.63) is 34.2 Å². The van der Waals surface area contributed by atoms with Gasteiger partial charge < -0.3 is 15.2 Å². The Balaban J connectivity index is 1.34. The van der Waals surface area contributed by atoms with Crippen LogP contribution in [0.1, 0.15) is 17.1 Å². The van der Waals surface area contributed by atoms with Gasteiger partial charge in [0, 0.05) is 29.7 Å². The summed E-state index contributed by atoms with van der Waals surface area (Å²) in [5.74, 6) is 1.64. The summed E-state index contributed by atoms with van der Waals surface area (Å²) in [7, 11) is 0. The SMILES string of the molecule is Cc1cc(NC(=O)CCSc2nnc(NCCc3cccs3)s2)no1. The van der Waals surface area contributed by atoms with E-state index in [1.54, 1.807) is 24.3 Å². The van der Waals surface area contributed by atoms with E-state index in [-0.39, 0.29) is 5.91 Å². The molecule has 0 fully saturated rings. The van der Waals surface area contributed by atoms with Crippen molar-refractivity contribution < 1.29 is 9.32 Å². The van der Waals surface area contributed by atoms with Crippen LogP contribution in [-0.4, -0.2) is 33.6 Å². The molecule has 3 heterocycles. The summed E-state index contributed by atoms with van der Waals surface area (Å²) in [5.41, 5.74) is 0. The molecule has 0 spiro atoms. The van der Waals surface area contributed by atoms with Crippen molar-refractivity contribution in [1.29, 1.82) is 0 Å². The third kappa shape index (κ3) is 5.83. The number of nitrogens with one attached hydrogen (secondary N) is 2. The third-order valence-electron chi connectivity index (χ3n) is 3.08. The fraction of sp³-hybridized carbons (Fsp3) is 0.333. The minimum absolute atomic E-state index is 0.0976. The number of carbonyl (C=O) groups is 1. The highest BCUT2D eigenvalue weighted by Gasteiger charge is 2.09. The van der Waals surface area contributed by atoms with Crippen LogP contribution in [0.25, 0.3) is 0 Å². The predicted molar refractivity (Wildman–Crippen MR) is 102 cm³/mol. The molecular weight excluding hydrogens is 378 g/mol. The molecule has 3 aromatic rings. The maximum Gasteiger partial charge on any atom is 0.226 e. The van der Waals surface area contributed by atoms with E-state index in [2.05, 4.69) is 43.5 Å². The van der Waals surface area contributed by atoms with Crippen molar-refractivity contribution in [1.82, 2.24) is 15.4 Å². The molecule has 132 valence electrons. The number of amides is 1. The lowest BCUT2D eigenvalue weighted by molar-refractivity contribution is -0.115. The highest BCUT2D eigenvalue weighted by atomic mass is 32.2. The van der Waals surface area contributed by atoms with Crippen LogP contribution in [0.3, 0.4) is 0 Å². The van der Waals surface area contributed by atoms with E-state index in [4.69, 9.17) is 4.52 Å². The Morgan fingerprint density at radius 3 is 3.08 bits per heavy atom. The summed E-state index contributed by atoms with van der Waals surface area (Å²) < 4.78 is 5.76. The minimum atomic E-state index is -0.0976. The molecule has 0 aliphatic rings. The number of hydrogen-bond acceptors (Lipinski definition) is 9. The van der Waals surface area contributed by atoms with Gasteiger partial charge in [-0.05, 0) is 24.8 Å². The van der Waals surface area contributed by atoms with Crippen molar-refractivity contribution in [3.63, 3.8) is 0 Å². The largest absolute Gasteiger partial charge is 0.360 e. The molecule has 3 rings (SSSR count). The molecule has 10 heteroatoms. The molecule has 3 aromatic heterocycles. The topological polar surface area (TPSA) is 92.9 Å². The molecule has 0 aliphatic carbocycles. The second kappa shape index (κ2) is 8.97. The quantitative estimate of drug-likeness (QED) is 0.534. The highest BCUT2D eigenvalue weighted by Crippen LogP contribution is 2.26. The molecule has 7 nitrogen and oxygen atoms in total. The average Bonchev–Trinajstić information content (AvgIpc) is 3.31. The first-order valence-electron chi connectivity index (χ1n) is 7.65. The minimum Gasteiger partial charge on any atom is -0.360 e. The number of aryl methyl sites for hydroxylation is 1. The summed E-state index contributed by atoms with van der Waals surface area (Å²) in [4.78, 5) is 13.2. The Morgan fingerprint density at radius 1 is 1.40 bits per heavy atom. The number of nitrogens with zero attached hydrogens (tertiary/aromatic N) is 3. The monoisotopic (exact) mass is 395 g/mol. The van der Waals surface area contributed by atoms with E-state index in [1.165, 1.54) is 28.0 Å². The van der Waals surface area contributed by atoms with Gasteiger partial charge in [0.1, 0.15) is 5.76 Å². The molecular formula is C15H17N5O2S3. The van der Waals surface area contributed by atoms with Crippen LogP contribution in [0.2, 0.25) is 0 Å². The van der Waals surface area contributed by atoms with Crippen LogP contribution in [0.4, 0.5) is 10.9 Å². The molecule has 0 aromatic carbocycles. The number of thioether (sulfide) groups is 1. The number of thiophene rings is 1. The van der Waals surface area contributed by atoms with Crippen molar-refractivity contribution >= 4 is 51.3 Å². The van der Waals surface area contributed by atoms with Gasteiger partial charge >= 0.3 is 0 Å². The van der Waals surface area contributed by atoms with Crippen LogP contribution < -0.4 is 10.6 Å². The van der Waals surface area contributed by atoms with E-state index >= 15 is 0 Å². The van der Waals surface area contributed by atoms with Gasteiger partial charge in [0.2, 0.25) is 11.0 Å². The Kier molecular flexibility index (Phi) is 6.42. The number of hydrogen-bond donors (Lipinski definition) is 2. The summed E-state index contributed by atoms with van der Waals surface area (Å²) in [6.07, 6.45) is 1.35. The lowest BCUT2D eigenvalue weighted by Gasteiger charge is -2.00. The molecule has 2 N–H and O–H groups in total. The molecule has 0 atom stereocenters. The molecule has 0 saturated heterocycles.